The third-order valence-electron chi connectivity index (χ3n) is 3.58. The van der Waals surface area contributed by atoms with Gasteiger partial charge < -0.3 is 9.64 Å². The molecule has 0 aliphatic carbocycles. The first kappa shape index (κ1) is 15.0. The maximum Gasteiger partial charge on any atom is 0.326 e. The van der Waals surface area contributed by atoms with E-state index >= 15 is 0 Å². The van der Waals surface area contributed by atoms with Gasteiger partial charge in [0.05, 0.1) is 13.2 Å². The molecular weight excluding hydrogens is 228 g/mol. The van der Waals surface area contributed by atoms with E-state index in [2.05, 4.69) is 30.0 Å². The Balaban J connectivity index is 2.70. The summed E-state index contributed by atoms with van der Waals surface area (Å²) < 4.78 is 5.19. The van der Waals surface area contributed by atoms with Gasteiger partial charge in [0, 0.05) is 19.1 Å². The lowest BCUT2D eigenvalue weighted by atomic mass is 9.87. The van der Waals surface area contributed by atoms with Gasteiger partial charge in [0.15, 0.2) is 0 Å². The number of terminal acetylenes is 1. The lowest BCUT2D eigenvalue weighted by Gasteiger charge is -2.41. The molecule has 1 heterocycles. The Morgan fingerprint density at radius 3 is 2.56 bits per heavy atom. The van der Waals surface area contributed by atoms with Crippen molar-refractivity contribution in [3.63, 3.8) is 0 Å². The summed E-state index contributed by atoms with van der Waals surface area (Å²) in [5.41, 5.74) is -0.590. The largest absolute Gasteiger partial charge is 0.465 e. The van der Waals surface area contributed by atoms with E-state index in [1.807, 2.05) is 6.92 Å². The highest BCUT2D eigenvalue weighted by Crippen LogP contribution is 2.25. The molecule has 1 N–H and O–H groups in total. The summed E-state index contributed by atoms with van der Waals surface area (Å²) in [6.45, 7) is 8.78. The van der Waals surface area contributed by atoms with Crippen molar-refractivity contribution in [1.29, 1.82) is 0 Å². The molecule has 1 fully saturated rings. The fraction of sp³-hybridized carbons (Fsp3) is 0.786. The van der Waals surface area contributed by atoms with Crippen LogP contribution < -0.4 is 5.32 Å². The van der Waals surface area contributed by atoms with Crippen LogP contribution in [0.3, 0.4) is 0 Å². The van der Waals surface area contributed by atoms with Crippen LogP contribution in [0.4, 0.5) is 0 Å². The van der Waals surface area contributed by atoms with Gasteiger partial charge in [-0.25, -0.2) is 0 Å². The van der Waals surface area contributed by atoms with Crippen molar-refractivity contribution in [3.05, 3.63) is 0 Å². The summed E-state index contributed by atoms with van der Waals surface area (Å²) in [4.78, 5) is 14.5. The molecule has 0 bridgehead atoms. The molecule has 102 valence electrons. The molecule has 18 heavy (non-hydrogen) atoms. The van der Waals surface area contributed by atoms with Gasteiger partial charge in [-0.05, 0) is 33.6 Å². The van der Waals surface area contributed by atoms with Crippen LogP contribution in [0.1, 0.15) is 33.6 Å². The Morgan fingerprint density at radius 1 is 1.50 bits per heavy atom. The fourth-order valence-corrected chi connectivity index (χ4v) is 2.36. The van der Waals surface area contributed by atoms with Crippen LogP contribution in [-0.2, 0) is 9.53 Å². The lowest BCUT2D eigenvalue weighted by molar-refractivity contribution is -0.153. The molecule has 0 saturated carbocycles. The molecule has 0 spiro atoms. The van der Waals surface area contributed by atoms with Gasteiger partial charge in [-0.15, -0.1) is 6.42 Å². The summed E-state index contributed by atoms with van der Waals surface area (Å²) in [6.07, 6.45) is 6.79. The molecule has 0 radical (unpaired) electrons. The standard InChI is InChI=1S/C14H24N2O2/c1-5-9-15-14(13(17)18-6-2)7-10-16(11-8-14)12(3)4/h1,12,15H,6-11H2,2-4H3. The molecular formula is C14H24N2O2. The number of nitrogens with zero attached hydrogens (tertiary/aromatic N) is 1. The van der Waals surface area contributed by atoms with Crippen LogP contribution in [0.25, 0.3) is 0 Å². The summed E-state index contributed by atoms with van der Waals surface area (Å²) in [7, 11) is 0. The van der Waals surface area contributed by atoms with Gasteiger partial charge in [-0.2, -0.15) is 0 Å². The van der Waals surface area contributed by atoms with E-state index in [0.717, 1.165) is 25.9 Å². The highest BCUT2D eigenvalue weighted by molar-refractivity contribution is 5.81. The van der Waals surface area contributed by atoms with Crippen molar-refractivity contribution in [2.45, 2.75) is 45.2 Å². The van der Waals surface area contributed by atoms with Crippen LogP contribution in [-0.4, -0.2) is 48.7 Å². The Kier molecular flexibility index (Phi) is 5.64. The van der Waals surface area contributed by atoms with Gasteiger partial charge in [0.25, 0.3) is 0 Å². The van der Waals surface area contributed by atoms with Gasteiger partial charge in [-0.1, -0.05) is 5.92 Å². The average Bonchev–Trinajstić information content (AvgIpc) is 2.37. The number of ether oxygens (including phenoxy) is 1. The Bertz CT molecular complexity index is 312. The third kappa shape index (κ3) is 3.47. The Morgan fingerprint density at radius 2 is 2.11 bits per heavy atom. The minimum atomic E-state index is -0.590. The van der Waals surface area contributed by atoms with Gasteiger partial charge in [0.1, 0.15) is 5.54 Å². The zero-order valence-corrected chi connectivity index (χ0v) is 11.7. The highest BCUT2D eigenvalue weighted by atomic mass is 16.5. The quantitative estimate of drug-likeness (QED) is 0.586. The number of carbonyl (C=O) groups excluding carboxylic acids is 1. The normalized spacial score (nSPS) is 19.5. The number of carbonyl (C=O) groups is 1. The number of likely N-dealkylation sites (tertiary alicyclic amines) is 1. The minimum Gasteiger partial charge on any atom is -0.465 e. The Labute approximate surface area is 110 Å². The van der Waals surface area contributed by atoms with E-state index < -0.39 is 5.54 Å². The van der Waals surface area contributed by atoms with Gasteiger partial charge in [0.2, 0.25) is 0 Å². The molecule has 4 nitrogen and oxygen atoms in total. The van der Waals surface area contributed by atoms with Crippen LogP contribution in [0.15, 0.2) is 0 Å². The van der Waals surface area contributed by atoms with E-state index in [4.69, 9.17) is 11.2 Å². The average molecular weight is 252 g/mol. The molecule has 0 amide bonds. The lowest BCUT2D eigenvalue weighted by Crippen LogP contribution is -2.59. The van der Waals surface area contributed by atoms with Crippen molar-refractivity contribution >= 4 is 5.97 Å². The van der Waals surface area contributed by atoms with Crippen molar-refractivity contribution in [3.8, 4) is 12.3 Å². The minimum absolute atomic E-state index is 0.163. The van der Waals surface area contributed by atoms with Crippen LogP contribution in [0.5, 0.6) is 0 Å². The Hall–Kier alpha value is -1.05. The van der Waals surface area contributed by atoms with Crippen LogP contribution in [0, 0.1) is 12.3 Å². The van der Waals surface area contributed by atoms with Crippen LogP contribution in [0.2, 0.25) is 0 Å². The van der Waals surface area contributed by atoms with Crippen molar-refractivity contribution in [2.75, 3.05) is 26.2 Å². The molecule has 0 aromatic heterocycles. The molecule has 1 saturated heterocycles. The van der Waals surface area contributed by atoms with E-state index in [9.17, 15) is 4.79 Å². The number of hydrogen-bond donors (Lipinski definition) is 1. The summed E-state index contributed by atoms with van der Waals surface area (Å²) >= 11 is 0. The van der Waals surface area contributed by atoms with Crippen molar-refractivity contribution in [2.24, 2.45) is 0 Å². The molecule has 1 aliphatic heterocycles. The molecule has 0 unspecified atom stereocenters. The zero-order valence-electron chi connectivity index (χ0n) is 11.7. The van der Waals surface area contributed by atoms with Crippen molar-refractivity contribution in [1.82, 2.24) is 10.2 Å². The predicted octanol–water partition coefficient (Wildman–Crippen LogP) is 1.02. The second-order valence-electron chi connectivity index (χ2n) is 4.99. The van der Waals surface area contributed by atoms with E-state index in [1.165, 1.54) is 0 Å². The van der Waals surface area contributed by atoms with Crippen LogP contribution >= 0.6 is 0 Å². The molecule has 0 aromatic rings. The second kappa shape index (κ2) is 6.77. The molecule has 0 atom stereocenters. The van der Waals surface area contributed by atoms with Gasteiger partial charge in [-0.3, -0.25) is 10.1 Å². The topological polar surface area (TPSA) is 41.6 Å². The van der Waals surface area contributed by atoms with E-state index in [-0.39, 0.29) is 5.97 Å². The smallest absolute Gasteiger partial charge is 0.326 e. The number of hydrogen-bond acceptors (Lipinski definition) is 4. The fourth-order valence-electron chi connectivity index (χ4n) is 2.36. The first-order chi connectivity index (χ1) is 8.55. The van der Waals surface area contributed by atoms with E-state index in [0.29, 0.717) is 19.2 Å². The van der Waals surface area contributed by atoms with E-state index in [1.54, 1.807) is 0 Å². The molecule has 1 aliphatic rings. The number of nitrogens with one attached hydrogen (secondary N) is 1. The number of esters is 1. The molecule has 1 rings (SSSR count). The monoisotopic (exact) mass is 252 g/mol. The number of piperidine rings is 1. The number of rotatable bonds is 5. The second-order valence-corrected chi connectivity index (χ2v) is 4.99. The summed E-state index contributed by atoms with van der Waals surface area (Å²) in [6, 6.07) is 0.512. The maximum atomic E-state index is 12.1. The zero-order chi connectivity index (χ0) is 13.6. The predicted molar refractivity (Wildman–Crippen MR) is 72.1 cm³/mol. The van der Waals surface area contributed by atoms with Crippen molar-refractivity contribution < 1.29 is 9.53 Å². The van der Waals surface area contributed by atoms with Gasteiger partial charge >= 0.3 is 5.97 Å². The third-order valence-corrected chi connectivity index (χ3v) is 3.58. The summed E-state index contributed by atoms with van der Waals surface area (Å²) in [5, 5.41) is 3.19. The first-order valence-electron chi connectivity index (χ1n) is 6.65. The SMILES string of the molecule is C#CCNC1(C(=O)OCC)CCN(C(C)C)CC1. The molecule has 0 aromatic carbocycles. The first-order valence-corrected chi connectivity index (χ1v) is 6.65. The highest BCUT2D eigenvalue weighted by Gasteiger charge is 2.42. The molecule has 4 heteroatoms. The summed E-state index contributed by atoms with van der Waals surface area (Å²) in [5.74, 6) is 2.37. The maximum absolute atomic E-state index is 12.1.